The first-order chi connectivity index (χ1) is 7.18. The molecule has 1 atom stereocenters. The number of amides is 1. The molecule has 0 aliphatic carbocycles. The number of rotatable bonds is 1. The summed E-state index contributed by atoms with van der Waals surface area (Å²) in [7, 11) is 0. The van der Waals surface area contributed by atoms with Crippen LogP contribution in [-0.4, -0.2) is 29.3 Å². The molecule has 2 rings (SSSR count). The van der Waals surface area contributed by atoms with Crippen LogP contribution in [0.25, 0.3) is 0 Å². The molecular formula is C11H11BrClNO. The number of hydrogen-bond donors (Lipinski definition) is 0. The van der Waals surface area contributed by atoms with Crippen molar-refractivity contribution in [3.8, 4) is 0 Å². The van der Waals surface area contributed by atoms with Crippen LogP contribution in [0.15, 0.2) is 28.7 Å². The smallest absolute Gasteiger partial charge is 0.255 e. The van der Waals surface area contributed by atoms with Gasteiger partial charge < -0.3 is 4.90 Å². The van der Waals surface area contributed by atoms with Gasteiger partial charge in [-0.05, 0) is 34.5 Å². The number of likely N-dealkylation sites (tertiary alicyclic amines) is 1. The van der Waals surface area contributed by atoms with E-state index in [-0.39, 0.29) is 11.3 Å². The number of hydrogen-bond acceptors (Lipinski definition) is 1. The minimum Gasteiger partial charge on any atom is -0.337 e. The van der Waals surface area contributed by atoms with Gasteiger partial charge >= 0.3 is 0 Å². The van der Waals surface area contributed by atoms with Gasteiger partial charge in [0.2, 0.25) is 0 Å². The zero-order valence-electron chi connectivity index (χ0n) is 8.12. The Bertz CT molecular complexity index is 383. The van der Waals surface area contributed by atoms with Gasteiger partial charge in [-0.2, -0.15) is 0 Å². The summed E-state index contributed by atoms with van der Waals surface area (Å²) in [6.45, 7) is 1.41. The molecule has 0 aromatic heterocycles. The first-order valence-electron chi connectivity index (χ1n) is 4.86. The summed E-state index contributed by atoms with van der Waals surface area (Å²) < 4.78 is 0.841. The van der Waals surface area contributed by atoms with Gasteiger partial charge in [0.25, 0.3) is 5.91 Å². The Morgan fingerprint density at radius 1 is 1.47 bits per heavy atom. The van der Waals surface area contributed by atoms with Gasteiger partial charge in [-0.3, -0.25) is 4.79 Å². The molecule has 0 spiro atoms. The van der Waals surface area contributed by atoms with Crippen molar-refractivity contribution in [2.45, 2.75) is 11.8 Å². The van der Waals surface area contributed by atoms with E-state index in [2.05, 4.69) is 15.9 Å². The standard InChI is InChI=1S/C11H11BrClNO/c12-10-4-2-1-3-9(10)11(15)14-6-5-8(13)7-14/h1-4,8H,5-7H2. The molecule has 1 unspecified atom stereocenters. The van der Waals surface area contributed by atoms with Crippen molar-refractivity contribution >= 4 is 33.4 Å². The average molecular weight is 289 g/mol. The first-order valence-corrected chi connectivity index (χ1v) is 6.09. The van der Waals surface area contributed by atoms with Gasteiger partial charge in [0.15, 0.2) is 0 Å². The Labute approximate surface area is 102 Å². The third-order valence-electron chi connectivity index (χ3n) is 2.52. The highest BCUT2D eigenvalue weighted by atomic mass is 79.9. The van der Waals surface area contributed by atoms with Gasteiger partial charge in [0.05, 0.1) is 10.9 Å². The summed E-state index contributed by atoms with van der Waals surface area (Å²) in [5.74, 6) is 0.0608. The number of alkyl halides is 1. The van der Waals surface area contributed by atoms with Gasteiger partial charge in [0, 0.05) is 17.6 Å². The minimum atomic E-state index is 0.0608. The van der Waals surface area contributed by atoms with Crippen LogP contribution in [0.5, 0.6) is 0 Å². The van der Waals surface area contributed by atoms with Crippen LogP contribution in [0.4, 0.5) is 0 Å². The van der Waals surface area contributed by atoms with Crippen molar-refractivity contribution < 1.29 is 4.79 Å². The number of benzene rings is 1. The van der Waals surface area contributed by atoms with Crippen molar-refractivity contribution in [3.05, 3.63) is 34.3 Å². The van der Waals surface area contributed by atoms with Crippen molar-refractivity contribution in [3.63, 3.8) is 0 Å². The molecule has 2 nitrogen and oxygen atoms in total. The maximum Gasteiger partial charge on any atom is 0.255 e. The van der Waals surface area contributed by atoms with Crippen LogP contribution < -0.4 is 0 Å². The summed E-state index contributed by atoms with van der Waals surface area (Å²) in [5, 5.41) is 0.108. The normalized spacial score (nSPS) is 20.7. The number of halogens is 2. The Morgan fingerprint density at radius 2 is 2.20 bits per heavy atom. The van der Waals surface area contributed by atoms with Crippen LogP contribution in [0.1, 0.15) is 16.8 Å². The second kappa shape index (κ2) is 4.54. The van der Waals surface area contributed by atoms with Crippen LogP contribution in [0.2, 0.25) is 0 Å². The van der Waals surface area contributed by atoms with Crippen LogP contribution in [0.3, 0.4) is 0 Å². The minimum absolute atomic E-state index is 0.0608. The molecule has 1 aliphatic heterocycles. The van der Waals surface area contributed by atoms with E-state index in [1.54, 1.807) is 4.90 Å². The predicted octanol–water partition coefficient (Wildman–Crippen LogP) is 2.90. The molecule has 1 fully saturated rings. The van der Waals surface area contributed by atoms with Crippen LogP contribution in [0, 0.1) is 0 Å². The van der Waals surface area contributed by atoms with Gasteiger partial charge in [-0.25, -0.2) is 0 Å². The van der Waals surface area contributed by atoms with E-state index >= 15 is 0 Å². The molecule has 1 heterocycles. The fourth-order valence-corrected chi connectivity index (χ4v) is 2.43. The van der Waals surface area contributed by atoms with Crippen molar-refractivity contribution in [1.82, 2.24) is 4.90 Å². The largest absolute Gasteiger partial charge is 0.337 e. The van der Waals surface area contributed by atoms with E-state index in [9.17, 15) is 4.79 Å². The summed E-state index contributed by atoms with van der Waals surface area (Å²) in [6, 6.07) is 7.47. The fraction of sp³-hybridized carbons (Fsp3) is 0.364. The SMILES string of the molecule is O=C(c1ccccc1Br)N1CCC(Cl)C1. The molecule has 15 heavy (non-hydrogen) atoms. The van der Waals surface area contributed by atoms with E-state index in [1.807, 2.05) is 24.3 Å². The molecule has 4 heteroatoms. The molecule has 80 valence electrons. The predicted molar refractivity (Wildman–Crippen MR) is 64.3 cm³/mol. The Kier molecular flexibility index (Phi) is 3.32. The lowest BCUT2D eigenvalue weighted by atomic mass is 10.2. The van der Waals surface area contributed by atoms with Gasteiger partial charge in [0.1, 0.15) is 0 Å². The van der Waals surface area contributed by atoms with Gasteiger partial charge in [-0.1, -0.05) is 12.1 Å². The highest BCUT2D eigenvalue weighted by molar-refractivity contribution is 9.10. The zero-order valence-corrected chi connectivity index (χ0v) is 10.5. The third-order valence-corrected chi connectivity index (χ3v) is 3.57. The third kappa shape index (κ3) is 2.34. The van der Waals surface area contributed by atoms with E-state index in [1.165, 1.54) is 0 Å². The Morgan fingerprint density at radius 3 is 2.80 bits per heavy atom. The summed E-state index contributed by atoms with van der Waals surface area (Å²) in [5.41, 5.74) is 0.711. The van der Waals surface area contributed by atoms with E-state index < -0.39 is 0 Å². The summed E-state index contributed by atoms with van der Waals surface area (Å²) in [4.78, 5) is 13.9. The van der Waals surface area contributed by atoms with Crippen molar-refractivity contribution in [1.29, 1.82) is 0 Å². The van der Waals surface area contributed by atoms with E-state index in [0.29, 0.717) is 12.1 Å². The molecule has 1 amide bonds. The van der Waals surface area contributed by atoms with E-state index in [4.69, 9.17) is 11.6 Å². The quantitative estimate of drug-likeness (QED) is 0.728. The molecule has 1 aromatic carbocycles. The number of carbonyl (C=O) groups is 1. The second-order valence-electron chi connectivity index (χ2n) is 3.62. The van der Waals surface area contributed by atoms with Crippen LogP contribution in [-0.2, 0) is 0 Å². The monoisotopic (exact) mass is 287 g/mol. The lowest BCUT2D eigenvalue weighted by molar-refractivity contribution is 0.0792. The molecule has 0 bridgehead atoms. The molecule has 0 N–H and O–H groups in total. The van der Waals surface area contributed by atoms with E-state index in [0.717, 1.165) is 17.4 Å². The van der Waals surface area contributed by atoms with Crippen molar-refractivity contribution in [2.75, 3.05) is 13.1 Å². The van der Waals surface area contributed by atoms with Gasteiger partial charge in [-0.15, -0.1) is 11.6 Å². The second-order valence-corrected chi connectivity index (χ2v) is 5.09. The first kappa shape index (κ1) is 11.0. The topological polar surface area (TPSA) is 20.3 Å². The molecular weight excluding hydrogens is 277 g/mol. The molecule has 0 radical (unpaired) electrons. The Balaban J connectivity index is 2.18. The maximum atomic E-state index is 12.1. The lowest BCUT2D eigenvalue weighted by Crippen LogP contribution is -2.29. The summed E-state index contributed by atoms with van der Waals surface area (Å²) in [6.07, 6.45) is 0.887. The molecule has 1 aliphatic rings. The highest BCUT2D eigenvalue weighted by Gasteiger charge is 2.26. The number of nitrogens with zero attached hydrogens (tertiary/aromatic N) is 1. The Hall–Kier alpha value is -0.540. The highest BCUT2D eigenvalue weighted by Crippen LogP contribution is 2.22. The number of carbonyl (C=O) groups excluding carboxylic acids is 1. The fourth-order valence-electron chi connectivity index (χ4n) is 1.71. The average Bonchev–Trinajstić information content (AvgIpc) is 2.65. The van der Waals surface area contributed by atoms with Crippen LogP contribution >= 0.6 is 27.5 Å². The summed E-state index contributed by atoms with van der Waals surface area (Å²) >= 11 is 9.35. The lowest BCUT2D eigenvalue weighted by Gasteiger charge is -2.16. The van der Waals surface area contributed by atoms with Crippen molar-refractivity contribution in [2.24, 2.45) is 0 Å². The zero-order chi connectivity index (χ0) is 10.8. The maximum absolute atomic E-state index is 12.1. The molecule has 1 saturated heterocycles. The molecule has 1 aromatic rings. The molecule has 0 saturated carbocycles.